The van der Waals surface area contributed by atoms with Crippen LogP contribution in [0.1, 0.15) is 32.1 Å². The van der Waals surface area contributed by atoms with Crippen molar-refractivity contribution in [3.05, 3.63) is 0 Å². The van der Waals surface area contributed by atoms with Crippen molar-refractivity contribution in [1.29, 1.82) is 0 Å². The molecule has 2 rings (SSSR count). The van der Waals surface area contributed by atoms with E-state index in [0.717, 1.165) is 19.6 Å². The van der Waals surface area contributed by atoms with Crippen molar-refractivity contribution in [2.24, 2.45) is 5.92 Å². The fourth-order valence-corrected chi connectivity index (χ4v) is 2.52. The molecule has 1 aliphatic heterocycles. The van der Waals surface area contributed by atoms with E-state index in [4.69, 9.17) is 5.11 Å². The molecule has 0 amide bonds. The molecular formula is C11H19NO3. The van der Waals surface area contributed by atoms with Crippen LogP contribution in [0.25, 0.3) is 0 Å². The van der Waals surface area contributed by atoms with E-state index in [-0.39, 0.29) is 5.92 Å². The van der Waals surface area contributed by atoms with Crippen LogP contribution < -0.4 is 0 Å². The Morgan fingerprint density at radius 1 is 1.33 bits per heavy atom. The highest BCUT2D eigenvalue weighted by Crippen LogP contribution is 2.33. The fraction of sp³-hybridized carbons (Fsp3) is 0.909. The zero-order valence-corrected chi connectivity index (χ0v) is 8.98. The topological polar surface area (TPSA) is 60.8 Å². The molecule has 4 heteroatoms. The van der Waals surface area contributed by atoms with Gasteiger partial charge in [0.15, 0.2) is 0 Å². The van der Waals surface area contributed by atoms with Crippen LogP contribution in [-0.2, 0) is 4.79 Å². The number of hydrogen-bond donors (Lipinski definition) is 2. The summed E-state index contributed by atoms with van der Waals surface area (Å²) >= 11 is 0. The molecule has 1 heterocycles. The third-order valence-electron chi connectivity index (χ3n) is 3.73. The number of rotatable bonds is 3. The summed E-state index contributed by atoms with van der Waals surface area (Å²) in [5, 5.41) is 19.1. The third kappa shape index (κ3) is 2.49. The summed E-state index contributed by atoms with van der Waals surface area (Å²) in [5.74, 6) is -0.942. The smallest absolute Gasteiger partial charge is 0.306 e. The molecule has 0 atom stereocenters. The Labute approximate surface area is 89.9 Å². The molecule has 15 heavy (non-hydrogen) atoms. The lowest BCUT2D eigenvalue weighted by molar-refractivity contribution is -0.145. The molecule has 4 nitrogen and oxygen atoms in total. The Bertz CT molecular complexity index is 242. The van der Waals surface area contributed by atoms with Crippen LogP contribution in [0.15, 0.2) is 0 Å². The number of aliphatic hydroxyl groups is 1. The van der Waals surface area contributed by atoms with Gasteiger partial charge in [0.1, 0.15) is 0 Å². The van der Waals surface area contributed by atoms with Gasteiger partial charge in [-0.15, -0.1) is 0 Å². The molecule has 2 N–H and O–H groups in total. The Kier molecular flexibility index (Phi) is 2.98. The average molecular weight is 213 g/mol. The van der Waals surface area contributed by atoms with Crippen molar-refractivity contribution in [3.63, 3.8) is 0 Å². The second-order valence-corrected chi connectivity index (χ2v) is 4.97. The first-order chi connectivity index (χ1) is 7.09. The zero-order chi connectivity index (χ0) is 10.9. The second kappa shape index (κ2) is 4.10. The summed E-state index contributed by atoms with van der Waals surface area (Å²) in [6.45, 7) is 2.91. The highest BCUT2D eigenvalue weighted by molar-refractivity contribution is 5.70. The fourth-order valence-electron chi connectivity index (χ4n) is 2.52. The molecule has 0 aromatic carbocycles. The van der Waals surface area contributed by atoms with Crippen LogP contribution in [-0.4, -0.2) is 46.3 Å². The minimum absolute atomic E-state index is 0.235. The highest BCUT2D eigenvalue weighted by Gasteiger charge is 2.37. The van der Waals surface area contributed by atoms with E-state index in [2.05, 4.69) is 4.90 Å². The van der Waals surface area contributed by atoms with Gasteiger partial charge in [-0.2, -0.15) is 0 Å². The standard InChI is InChI=1S/C11H19NO3/c13-10(14)9-2-4-11(15,5-3-9)8-12-6-1-7-12/h9,15H,1-8H2,(H,13,14). The SMILES string of the molecule is O=C(O)C1CCC(O)(CN2CCC2)CC1. The van der Waals surface area contributed by atoms with Gasteiger partial charge in [0.2, 0.25) is 0 Å². The van der Waals surface area contributed by atoms with Crippen LogP contribution >= 0.6 is 0 Å². The summed E-state index contributed by atoms with van der Waals surface area (Å²) in [6, 6.07) is 0. The van der Waals surface area contributed by atoms with Gasteiger partial charge in [0, 0.05) is 6.54 Å². The normalized spacial score (nSPS) is 37.3. The molecule has 0 bridgehead atoms. The van der Waals surface area contributed by atoms with E-state index in [1.807, 2.05) is 0 Å². The van der Waals surface area contributed by atoms with Crippen LogP contribution in [0.3, 0.4) is 0 Å². The first-order valence-electron chi connectivity index (χ1n) is 5.77. The maximum atomic E-state index is 10.8. The maximum absolute atomic E-state index is 10.8. The third-order valence-corrected chi connectivity index (χ3v) is 3.73. The quantitative estimate of drug-likeness (QED) is 0.724. The number of carbonyl (C=O) groups is 1. The minimum Gasteiger partial charge on any atom is -0.481 e. The molecular weight excluding hydrogens is 194 g/mol. The molecule has 1 aliphatic carbocycles. The number of nitrogens with zero attached hydrogens (tertiary/aromatic N) is 1. The number of aliphatic carboxylic acids is 1. The number of hydrogen-bond acceptors (Lipinski definition) is 3. The summed E-state index contributed by atoms with van der Waals surface area (Å²) in [6.07, 6.45) is 3.76. The molecule has 2 fully saturated rings. The van der Waals surface area contributed by atoms with Gasteiger partial charge in [-0.25, -0.2) is 0 Å². The van der Waals surface area contributed by atoms with Crippen molar-refractivity contribution in [2.45, 2.75) is 37.7 Å². The molecule has 0 aromatic heterocycles. The van der Waals surface area contributed by atoms with Crippen molar-refractivity contribution >= 4 is 5.97 Å². The summed E-state index contributed by atoms with van der Waals surface area (Å²) in [5.41, 5.74) is -0.619. The molecule has 1 saturated carbocycles. The predicted octanol–water partition coefficient (Wildman–Crippen LogP) is 0.698. The Morgan fingerprint density at radius 2 is 1.93 bits per heavy atom. The van der Waals surface area contributed by atoms with Crippen LogP contribution in [0.5, 0.6) is 0 Å². The first-order valence-corrected chi connectivity index (χ1v) is 5.77. The summed E-state index contributed by atoms with van der Waals surface area (Å²) < 4.78 is 0. The molecule has 0 spiro atoms. The van der Waals surface area contributed by atoms with Gasteiger partial charge in [-0.3, -0.25) is 4.79 Å². The number of β-amino-alcohol motifs (C(OH)–C–C–N with tert-alkyl or cyclic N) is 1. The van der Waals surface area contributed by atoms with E-state index in [9.17, 15) is 9.90 Å². The summed E-state index contributed by atoms with van der Waals surface area (Å²) in [7, 11) is 0. The molecule has 0 aromatic rings. The largest absolute Gasteiger partial charge is 0.481 e. The van der Waals surface area contributed by atoms with Crippen LogP contribution in [0, 0.1) is 5.92 Å². The van der Waals surface area contributed by atoms with Gasteiger partial charge >= 0.3 is 5.97 Å². The number of likely N-dealkylation sites (tertiary alicyclic amines) is 1. The van der Waals surface area contributed by atoms with Crippen molar-refractivity contribution in [2.75, 3.05) is 19.6 Å². The molecule has 0 radical (unpaired) electrons. The lowest BCUT2D eigenvalue weighted by atomic mass is 9.78. The monoisotopic (exact) mass is 213 g/mol. The van der Waals surface area contributed by atoms with Crippen molar-refractivity contribution in [1.82, 2.24) is 4.90 Å². The summed E-state index contributed by atoms with van der Waals surface area (Å²) in [4.78, 5) is 13.0. The van der Waals surface area contributed by atoms with Crippen molar-refractivity contribution in [3.8, 4) is 0 Å². The average Bonchev–Trinajstić information content (AvgIpc) is 2.13. The molecule has 2 aliphatic rings. The Morgan fingerprint density at radius 3 is 2.33 bits per heavy atom. The lowest BCUT2D eigenvalue weighted by Gasteiger charge is -2.41. The predicted molar refractivity (Wildman–Crippen MR) is 55.6 cm³/mol. The van der Waals surface area contributed by atoms with Crippen LogP contribution in [0.4, 0.5) is 0 Å². The van der Waals surface area contributed by atoms with Gasteiger partial charge in [-0.1, -0.05) is 0 Å². The number of carboxylic acids is 1. The van der Waals surface area contributed by atoms with E-state index in [1.165, 1.54) is 6.42 Å². The van der Waals surface area contributed by atoms with E-state index in [1.54, 1.807) is 0 Å². The van der Waals surface area contributed by atoms with Crippen molar-refractivity contribution < 1.29 is 15.0 Å². The van der Waals surface area contributed by atoms with Gasteiger partial charge in [0.05, 0.1) is 11.5 Å². The Balaban J connectivity index is 1.82. The molecule has 0 unspecified atom stereocenters. The first kappa shape index (κ1) is 10.9. The van der Waals surface area contributed by atoms with E-state index in [0.29, 0.717) is 25.7 Å². The maximum Gasteiger partial charge on any atom is 0.306 e. The van der Waals surface area contributed by atoms with Crippen LogP contribution in [0.2, 0.25) is 0 Å². The van der Waals surface area contributed by atoms with E-state index >= 15 is 0 Å². The second-order valence-electron chi connectivity index (χ2n) is 4.97. The van der Waals surface area contributed by atoms with E-state index < -0.39 is 11.6 Å². The highest BCUT2D eigenvalue weighted by atomic mass is 16.4. The van der Waals surface area contributed by atoms with Gasteiger partial charge in [0.25, 0.3) is 0 Å². The molecule has 1 saturated heterocycles. The van der Waals surface area contributed by atoms with Gasteiger partial charge in [-0.05, 0) is 45.2 Å². The minimum atomic E-state index is -0.707. The zero-order valence-electron chi connectivity index (χ0n) is 8.98. The molecule has 86 valence electrons. The Hall–Kier alpha value is -0.610. The van der Waals surface area contributed by atoms with Gasteiger partial charge < -0.3 is 15.1 Å². The number of carboxylic acid groups (broad SMARTS) is 1. The lowest BCUT2D eigenvalue weighted by Crippen LogP contribution is -2.50.